The van der Waals surface area contributed by atoms with Crippen molar-refractivity contribution in [1.29, 1.82) is 0 Å². The van der Waals surface area contributed by atoms with Gasteiger partial charge in [0.1, 0.15) is 5.75 Å². The zero-order chi connectivity index (χ0) is 15.2. The van der Waals surface area contributed by atoms with Crippen molar-refractivity contribution in [3.63, 3.8) is 0 Å². The first-order chi connectivity index (χ1) is 10.1. The van der Waals surface area contributed by atoms with Crippen LogP contribution < -0.4 is 10.1 Å². The number of nitrogens with one attached hydrogen (secondary N) is 1. The van der Waals surface area contributed by atoms with Crippen LogP contribution in [0.15, 0.2) is 48.5 Å². The van der Waals surface area contributed by atoms with Crippen molar-refractivity contribution in [1.82, 2.24) is 0 Å². The molecule has 5 heteroatoms. The molecule has 0 saturated heterocycles. The van der Waals surface area contributed by atoms with Gasteiger partial charge in [-0.05, 0) is 42.0 Å². The highest BCUT2D eigenvalue weighted by atomic mass is 35.5. The first-order valence-corrected chi connectivity index (χ1v) is 6.83. The van der Waals surface area contributed by atoms with Crippen molar-refractivity contribution >= 4 is 23.2 Å². The van der Waals surface area contributed by atoms with E-state index in [1.165, 1.54) is 0 Å². The molecule has 0 bridgehead atoms. The lowest BCUT2D eigenvalue weighted by molar-refractivity contribution is -0.118. The molecule has 2 aromatic carbocycles. The zero-order valence-electron chi connectivity index (χ0n) is 11.5. The summed E-state index contributed by atoms with van der Waals surface area (Å²) in [5.41, 5.74) is 1.31. The largest absolute Gasteiger partial charge is 0.497 e. The zero-order valence-corrected chi connectivity index (χ0v) is 12.3. The number of carbonyl (C=O) groups excluding carboxylic acids is 1. The average Bonchev–Trinajstić information content (AvgIpc) is 2.48. The maximum absolute atomic E-state index is 11.9. The number of aliphatic hydroxyl groups is 1. The van der Waals surface area contributed by atoms with Gasteiger partial charge in [0.25, 0.3) is 0 Å². The summed E-state index contributed by atoms with van der Waals surface area (Å²) in [7, 11) is 1.58. The van der Waals surface area contributed by atoms with Gasteiger partial charge in [-0.25, -0.2) is 0 Å². The number of methoxy groups -OCH3 is 1. The average molecular weight is 306 g/mol. The number of anilines is 1. The molecule has 0 aliphatic rings. The van der Waals surface area contributed by atoms with Crippen LogP contribution in [0.5, 0.6) is 5.75 Å². The molecule has 0 aliphatic carbocycles. The SMILES string of the molecule is COc1ccc(NC(=O)CC(O)c2ccc(Cl)cc2)cc1. The second-order valence-corrected chi connectivity index (χ2v) is 4.98. The molecule has 0 fully saturated rings. The predicted octanol–water partition coefficient (Wildman–Crippen LogP) is 3.41. The molecule has 21 heavy (non-hydrogen) atoms. The standard InChI is InChI=1S/C16H16ClNO3/c1-21-14-8-6-13(7-9-14)18-16(20)10-15(19)11-2-4-12(17)5-3-11/h2-9,15,19H,10H2,1H3,(H,18,20). The lowest BCUT2D eigenvalue weighted by atomic mass is 10.1. The van der Waals surface area contributed by atoms with Crippen LogP contribution in [0, 0.1) is 0 Å². The molecule has 4 nitrogen and oxygen atoms in total. The van der Waals surface area contributed by atoms with E-state index in [-0.39, 0.29) is 12.3 Å². The third kappa shape index (κ3) is 4.48. The van der Waals surface area contributed by atoms with E-state index in [4.69, 9.17) is 16.3 Å². The van der Waals surface area contributed by atoms with E-state index in [1.54, 1.807) is 55.6 Å². The van der Waals surface area contributed by atoms with Crippen LogP contribution in [-0.2, 0) is 4.79 Å². The quantitative estimate of drug-likeness (QED) is 0.890. The second-order valence-electron chi connectivity index (χ2n) is 4.55. The van der Waals surface area contributed by atoms with Crippen molar-refractivity contribution < 1.29 is 14.6 Å². The van der Waals surface area contributed by atoms with Crippen molar-refractivity contribution in [2.75, 3.05) is 12.4 Å². The fourth-order valence-electron chi connectivity index (χ4n) is 1.86. The molecular formula is C16H16ClNO3. The summed E-state index contributed by atoms with van der Waals surface area (Å²) in [4.78, 5) is 11.9. The molecule has 2 N–H and O–H groups in total. The number of ether oxygens (including phenoxy) is 1. The Bertz CT molecular complexity index is 596. The number of hydrogen-bond donors (Lipinski definition) is 2. The third-order valence-electron chi connectivity index (χ3n) is 3.01. The molecule has 110 valence electrons. The second kappa shape index (κ2) is 7.11. The van der Waals surface area contributed by atoms with Gasteiger partial charge in [0.2, 0.25) is 5.91 Å². The molecule has 1 atom stereocenters. The lowest BCUT2D eigenvalue weighted by Crippen LogP contribution is -2.15. The van der Waals surface area contributed by atoms with E-state index >= 15 is 0 Å². The number of benzene rings is 2. The van der Waals surface area contributed by atoms with Crippen LogP contribution >= 0.6 is 11.6 Å². The maximum atomic E-state index is 11.9. The molecule has 0 spiro atoms. The number of rotatable bonds is 5. The van der Waals surface area contributed by atoms with E-state index in [1.807, 2.05) is 0 Å². The summed E-state index contributed by atoms with van der Waals surface area (Å²) < 4.78 is 5.04. The molecule has 1 amide bonds. The normalized spacial score (nSPS) is 11.8. The van der Waals surface area contributed by atoms with Crippen LogP contribution in [-0.4, -0.2) is 18.1 Å². The van der Waals surface area contributed by atoms with Crippen molar-refractivity contribution in [3.8, 4) is 5.75 Å². The predicted molar refractivity (Wildman–Crippen MR) is 82.7 cm³/mol. The van der Waals surface area contributed by atoms with Crippen LogP contribution in [0.4, 0.5) is 5.69 Å². The van der Waals surface area contributed by atoms with Gasteiger partial charge in [0.05, 0.1) is 19.6 Å². The lowest BCUT2D eigenvalue weighted by Gasteiger charge is -2.11. The Morgan fingerprint density at radius 3 is 2.38 bits per heavy atom. The van der Waals surface area contributed by atoms with Crippen molar-refractivity contribution in [3.05, 3.63) is 59.1 Å². The van der Waals surface area contributed by atoms with Crippen LogP contribution in [0.25, 0.3) is 0 Å². The molecule has 0 aliphatic heterocycles. The highest BCUT2D eigenvalue weighted by Crippen LogP contribution is 2.20. The van der Waals surface area contributed by atoms with Gasteiger partial charge in [-0.2, -0.15) is 0 Å². The first kappa shape index (κ1) is 15.4. The van der Waals surface area contributed by atoms with Crippen LogP contribution in [0.1, 0.15) is 18.1 Å². The highest BCUT2D eigenvalue weighted by molar-refractivity contribution is 6.30. The van der Waals surface area contributed by atoms with Gasteiger partial charge in [-0.1, -0.05) is 23.7 Å². The van der Waals surface area contributed by atoms with Gasteiger partial charge >= 0.3 is 0 Å². The van der Waals surface area contributed by atoms with E-state index in [9.17, 15) is 9.90 Å². The minimum atomic E-state index is -0.861. The summed E-state index contributed by atoms with van der Waals surface area (Å²) in [5.74, 6) is 0.455. The molecule has 0 aromatic heterocycles. The van der Waals surface area contributed by atoms with E-state index in [2.05, 4.69) is 5.32 Å². The summed E-state index contributed by atoms with van der Waals surface area (Å²) in [6.45, 7) is 0. The Labute approximate surface area is 128 Å². The van der Waals surface area contributed by atoms with Gasteiger partial charge in [0.15, 0.2) is 0 Å². The molecule has 1 unspecified atom stereocenters. The van der Waals surface area contributed by atoms with E-state index in [0.29, 0.717) is 22.0 Å². The van der Waals surface area contributed by atoms with Crippen LogP contribution in [0.2, 0.25) is 5.02 Å². The number of halogens is 1. The van der Waals surface area contributed by atoms with Gasteiger partial charge in [0, 0.05) is 10.7 Å². The van der Waals surface area contributed by atoms with Crippen molar-refractivity contribution in [2.45, 2.75) is 12.5 Å². The third-order valence-corrected chi connectivity index (χ3v) is 3.26. The Morgan fingerprint density at radius 1 is 1.19 bits per heavy atom. The van der Waals surface area contributed by atoms with Gasteiger partial charge < -0.3 is 15.2 Å². The summed E-state index contributed by atoms with van der Waals surface area (Å²) in [6, 6.07) is 13.8. The molecular weight excluding hydrogens is 290 g/mol. The summed E-state index contributed by atoms with van der Waals surface area (Å²) in [5, 5.41) is 13.3. The Morgan fingerprint density at radius 2 is 1.81 bits per heavy atom. The van der Waals surface area contributed by atoms with E-state index in [0.717, 1.165) is 0 Å². The number of hydrogen-bond acceptors (Lipinski definition) is 3. The Balaban J connectivity index is 1.92. The number of amides is 1. The monoisotopic (exact) mass is 305 g/mol. The Kier molecular flexibility index (Phi) is 5.20. The summed E-state index contributed by atoms with van der Waals surface area (Å²) >= 11 is 5.78. The van der Waals surface area contributed by atoms with Gasteiger partial charge in [-0.15, -0.1) is 0 Å². The smallest absolute Gasteiger partial charge is 0.227 e. The molecule has 0 saturated carbocycles. The molecule has 2 rings (SSSR count). The highest BCUT2D eigenvalue weighted by Gasteiger charge is 2.13. The first-order valence-electron chi connectivity index (χ1n) is 6.46. The fourth-order valence-corrected chi connectivity index (χ4v) is 1.99. The van der Waals surface area contributed by atoms with E-state index < -0.39 is 6.10 Å². The van der Waals surface area contributed by atoms with Crippen LogP contribution in [0.3, 0.4) is 0 Å². The van der Waals surface area contributed by atoms with Gasteiger partial charge in [-0.3, -0.25) is 4.79 Å². The maximum Gasteiger partial charge on any atom is 0.227 e. The molecule has 2 aromatic rings. The minimum absolute atomic E-state index is 0.0202. The molecule has 0 heterocycles. The number of aliphatic hydroxyl groups excluding tert-OH is 1. The Hall–Kier alpha value is -2.04. The minimum Gasteiger partial charge on any atom is -0.497 e. The number of carbonyl (C=O) groups is 1. The topological polar surface area (TPSA) is 58.6 Å². The molecule has 0 radical (unpaired) electrons. The fraction of sp³-hybridized carbons (Fsp3) is 0.188. The van der Waals surface area contributed by atoms with Crippen molar-refractivity contribution in [2.24, 2.45) is 0 Å². The summed E-state index contributed by atoms with van der Waals surface area (Å²) in [6.07, 6.45) is -0.881.